The first kappa shape index (κ1) is 22.0. The molecule has 154 valence electrons. The number of hydrazone groups is 1. The van der Waals surface area contributed by atoms with Crippen LogP contribution in [0.25, 0.3) is 0 Å². The summed E-state index contributed by atoms with van der Waals surface area (Å²) in [6, 6.07) is 12.1. The molecule has 8 nitrogen and oxygen atoms in total. The molecule has 0 aliphatic rings. The highest BCUT2D eigenvalue weighted by Crippen LogP contribution is 2.07. The second kappa shape index (κ2) is 10.9. The second-order valence-electron chi connectivity index (χ2n) is 7.22. The molecule has 0 aliphatic heterocycles. The number of ether oxygens (including phenoxy) is 2. The Labute approximate surface area is 170 Å². The van der Waals surface area contributed by atoms with Crippen molar-refractivity contribution in [3.63, 3.8) is 0 Å². The van der Waals surface area contributed by atoms with Crippen LogP contribution < -0.4 is 10.7 Å². The van der Waals surface area contributed by atoms with Crippen LogP contribution in [-0.4, -0.2) is 41.4 Å². The Balaban J connectivity index is 1.95. The molecule has 8 heteroatoms. The third-order valence-electron chi connectivity index (χ3n) is 3.48. The normalized spacial score (nSPS) is 12.4. The van der Waals surface area contributed by atoms with Crippen LogP contribution in [0.1, 0.15) is 31.9 Å². The van der Waals surface area contributed by atoms with Crippen molar-refractivity contribution in [1.82, 2.24) is 15.7 Å². The minimum Gasteiger partial charge on any atom is -0.444 e. The molecule has 1 aromatic carbocycles. The van der Waals surface area contributed by atoms with Gasteiger partial charge >= 0.3 is 6.09 Å². The van der Waals surface area contributed by atoms with E-state index in [1.807, 2.05) is 30.3 Å². The second-order valence-corrected chi connectivity index (χ2v) is 7.22. The van der Waals surface area contributed by atoms with Gasteiger partial charge in [-0.3, -0.25) is 9.78 Å². The lowest BCUT2D eigenvalue weighted by Gasteiger charge is -2.22. The van der Waals surface area contributed by atoms with Crippen molar-refractivity contribution in [2.45, 2.75) is 39.0 Å². The third kappa shape index (κ3) is 8.98. The number of nitrogens with zero attached hydrogens (tertiary/aromatic N) is 2. The van der Waals surface area contributed by atoms with E-state index >= 15 is 0 Å². The number of hydrogen-bond acceptors (Lipinski definition) is 6. The summed E-state index contributed by atoms with van der Waals surface area (Å²) < 4.78 is 10.8. The van der Waals surface area contributed by atoms with E-state index in [0.29, 0.717) is 6.61 Å². The first-order valence-corrected chi connectivity index (χ1v) is 9.17. The number of benzene rings is 1. The van der Waals surface area contributed by atoms with Gasteiger partial charge in [0.2, 0.25) is 0 Å². The first-order chi connectivity index (χ1) is 13.8. The SMILES string of the molecule is CC(C)(C)OC(=O)NC(COCc1ccccc1)C(=O)NN=Cc1cccnc1. The maximum absolute atomic E-state index is 12.5. The highest BCUT2D eigenvalue weighted by Gasteiger charge is 2.24. The maximum Gasteiger partial charge on any atom is 0.408 e. The predicted molar refractivity (Wildman–Crippen MR) is 109 cm³/mol. The summed E-state index contributed by atoms with van der Waals surface area (Å²) in [4.78, 5) is 28.5. The Morgan fingerprint density at radius 3 is 2.59 bits per heavy atom. The monoisotopic (exact) mass is 398 g/mol. The Morgan fingerprint density at radius 2 is 1.93 bits per heavy atom. The Bertz CT molecular complexity index is 804. The molecule has 1 atom stereocenters. The highest BCUT2D eigenvalue weighted by molar-refractivity contribution is 5.87. The number of carbonyl (C=O) groups is 2. The van der Waals surface area contributed by atoms with Gasteiger partial charge in [-0.15, -0.1) is 0 Å². The standard InChI is InChI=1S/C21H26N4O4/c1-21(2,3)29-20(27)24-18(15-28-14-16-8-5-4-6-9-16)19(26)25-23-13-17-10-7-11-22-12-17/h4-13,18H,14-15H2,1-3H3,(H,24,27)(H,25,26). The number of pyridine rings is 1. The van der Waals surface area contributed by atoms with Gasteiger partial charge in [-0.1, -0.05) is 36.4 Å². The fourth-order valence-electron chi connectivity index (χ4n) is 2.20. The average Bonchev–Trinajstić information content (AvgIpc) is 2.67. The van der Waals surface area contributed by atoms with E-state index in [0.717, 1.165) is 11.1 Å². The zero-order valence-electron chi connectivity index (χ0n) is 16.8. The third-order valence-corrected chi connectivity index (χ3v) is 3.48. The molecule has 0 fully saturated rings. The van der Waals surface area contributed by atoms with Crippen LogP contribution in [0, 0.1) is 0 Å². The van der Waals surface area contributed by atoms with E-state index in [1.54, 1.807) is 45.3 Å². The van der Waals surface area contributed by atoms with Gasteiger partial charge in [0.25, 0.3) is 5.91 Å². The largest absolute Gasteiger partial charge is 0.444 e. The van der Waals surface area contributed by atoms with Crippen LogP contribution in [0.2, 0.25) is 0 Å². The summed E-state index contributed by atoms with van der Waals surface area (Å²) in [7, 11) is 0. The fraction of sp³-hybridized carbons (Fsp3) is 0.333. The zero-order valence-corrected chi connectivity index (χ0v) is 16.8. The van der Waals surface area contributed by atoms with Crippen LogP contribution in [0.5, 0.6) is 0 Å². The predicted octanol–water partition coefficient (Wildman–Crippen LogP) is 2.64. The lowest BCUT2D eigenvalue weighted by molar-refractivity contribution is -0.124. The lowest BCUT2D eigenvalue weighted by atomic mass is 10.2. The number of rotatable bonds is 8. The molecular formula is C21H26N4O4. The van der Waals surface area contributed by atoms with Crippen molar-refractivity contribution in [1.29, 1.82) is 0 Å². The average molecular weight is 398 g/mol. The molecule has 0 radical (unpaired) electrons. The maximum atomic E-state index is 12.5. The summed E-state index contributed by atoms with van der Waals surface area (Å²) in [6.07, 6.45) is 3.99. The van der Waals surface area contributed by atoms with Gasteiger partial charge in [-0.25, -0.2) is 10.2 Å². The molecular weight excluding hydrogens is 372 g/mol. The van der Waals surface area contributed by atoms with Crippen molar-refractivity contribution in [2.75, 3.05) is 6.61 Å². The number of nitrogens with one attached hydrogen (secondary N) is 2. The molecule has 0 saturated heterocycles. The van der Waals surface area contributed by atoms with E-state index < -0.39 is 23.6 Å². The smallest absolute Gasteiger partial charge is 0.408 e. The summed E-state index contributed by atoms with van der Waals surface area (Å²) in [6.45, 7) is 5.49. The molecule has 2 N–H and O–H groups in total. The Kier molecular flexibility index (Phi) is 8.29. The number of alkyl carbamates (subject to hydrolysis) is 1. The van der Waals surface area contributed by atoms with Crippen molar-refractivity contribution < 1.29 is 19.1 Å². The molecule has 1 heterocycles. The molecule has 1 aromatic heterocycles. The van der Waals surface area contributed by atoms with Crippen LogP contribution in [0.3, 0.4) is 0 Å². The molecule has 0 saturated carbocycles. The van der Waals surface area contributed by atoms with Gasteiger partial charge in [-0.05, 0) is 32.4 Å². The van der Waals surface area contributed by atoms with Crippen LogP contribution in [0.15, 0.2) is 60.0 Å². The highest BCUT2D eigenvalue weighted by atomic mass is 16.6. The molecule has 0 bridgehead atoms. The summed E-state index contributed by atoms with van der Waals surface area (Å²) in [5.41, 5.74) is 3.40. The van der Waals surface area contributed by atoms with Crippen molar-refractivity contribution in [2.24, 2.45) is 5.10 Å². The minimum absolute atomic E-state index is 0.0393. The van der Waals surface area contributed by atoms with Crippen molar-refractivity contribution in [3.05, 3.63) is 66.0 Å². The molecule has 0 aliphatic carbocycles. The minimum atomic E-state index is -0.973. The molecule has 2 rings (SSSR count). The number of amides is 2. The molecule has 0 spiro atoms. The fourth-order valence-corrected chi connectivity index (χ4v) is 2.20. The van der Waals surface area contributed by atoms with Gasteiger partial charge < -0.3 is 14.8 Å². The number of aromatic nitrogens is 1. The van der Waals surface area contributed by atoms with E-state index in [2.05, 4.69) is 20.8 Å². The van der Waals surface area contributed by atoms with Crippen LogP contribution in [-0.2, 0) is 20.9 Å². The number of carbonyl (C=O) groups excluding carboxylic acids is 2. The van der Waals surface area contributed by atoms with Gasteiger partial charge in [0, 0.05) is 18.0 Å². The van der Waals surface area contributed by atoms with E-state index in [-0.39, 0.29) is 6.61 Å². The Hall–Kier alpha value is -3.26. The van der Waals surface area contributed by atoms with E-state index in [9.17, 15) is 9.59 Å². The van der Waals surface area contributed by atoms with Crippen molar-refractivity contribution >= 4 is 18.2 Å². The van der Waals surface area contributed by atoms with Gasteiger partial charge in [0.15, 0.2) is 0 Å². The molecule has 2 aromatic rings. The van der Waals surface area contributed by atoms with E-state index in [4.69, 9.17) is 9.47 Å². The van der Waals surface area contributed by atoms with Crippen LogP contribution >= 0.6 is 0 Å². The first-order valence-electron chi connectivity index (χ1n) is 9.17. The summed E-state index contributed by atoms with van der Waals surface area (Å²) >= 11 is 0. The zero-order chi connectivity index (χ0) is 21.1. The Morgan fingerprint density at radius 1 is 1.17 bits per heavy atom. The van der Waals surface area contributed by atoms with Crippen molar-refractivity contribution in [3.8, 4) is 0 Å². The van der Waals surface area contributed by atoms with Gasteiger partial charge in [0.1, 0.15) is 11.6 Å². The quantitative estimate of drug-likeness (QED) is 0.526. The van der Waals surface area contributed by atoms with Crippen LogP contribution in [0.4, 0.5) is 4.79 Å². The molecule has 1 unspecified atom stereocenters. The van der Waals surface area contributed by atoms with E-state index in [1.165, 1.54) is 6.21 Å². The van der Waals surface area contributed by atoms with Gasteiger partial charge in [-0.2, -0.15) is 5.10 Å². The molecule has 29 heavy (non-hydrogen) atoms. The molecule has 2 amide bonds. The summed E-state index contributed by atoms with van der Waals surface area (Å²) in [5.74, 6) is -0.524. The topological polar surface area (TPSA) is 102 Å². The number of hydrogen-bond donors (Lipinski definition) is 2. The lowest BCUT2D eigenvalue weighted by Crippen LogP contribution is -2.49. The summed E-state index contributed by atoms with van der Waals surface area (Å²) in [5, 5.41) is 6.42. The van der Waals surface area contributed by atoms with Gasteiger partial charge in [0.05, 0.1) is 19.4 Å².